The molecular formula is C18H35Cl4N4O5PS. The Balaban J connectivity index is 2.73. The number of carbonyl (C=O) groups excluding carboxylic acids is 1. The first-order chi connectivity index (χ1) is 15.7. The average molecular weight is 592 g/mol. The van der Waals surface area contributed by atoms with Crippen molar-refractivity contribution in [1.29, 1.82) is 0 Å². The largest absolute Gasteiger partial charge is 0.355 e. The number of amides is 1. The van der Waals surface area contributed by atoms with Crippen molar-refractivity contribution in [3.05, 3.63) is 0 Å². The van der Waals surface area contributed by atoms with E-state index in [2.05, 4.69) is 10.6 Å². The summed E-state index contributed by atoms with van der Waals surface area (Å²) in [5.41, 5.74) is 0. The predicted octanol–water partition coefficient (Wildman–Crippen LogP) is 2.20. The van der Waals surface area contributed by atoms with E-state index in [4.69, 9.17) is 50.9 Å². The smallest absolute Gasteiger partial charge is 0.346 e. The Bertz CT molecular complexity index is 684. The summed E-state index contributed by atoms with van der Waals surface area (Å²) >= 11 is 23.5. The van der Waals surface area contributed by atoms with Crippen molar-refractivity contribution in [2.75, 3.05) is 87.4 Å². The molecule has 0 bridgehead atoms. The third-order valence-electron chi connectivity index (χ3n) is 5.08. The molecule has 1 aliphatic rings. The molecule has 0 aliphatic carbocycles. The number of nitrogens with zero attached hydrogens (tertiary/aromatic N) is 2. The highest BCUT2D eigenvalue weighted by atomic mass is 35.5. The van der Waals surface area contributed by atoms with Gasteiger partial charge < -0.3 is 15.2 Å². The molecule has 0 aromatic heterocycles. The van der Waals surface area contributed by atoms with E-state index in [1.165, 1.54) is 9.34 Å². The molecule has 2 N–H and O–H groups in total. The molecule has 0 saturated carbocycles. The van der Waals surface area contributed by atoms with Gasteiger partial charge in [0.05, 0.1) is 12.4 Å². The molecule has 9 nitrogen and oxygen atoms in total. The number of halogens is 4. The van der Waals surface area contributed by atoms with Crippen LogP contribution in [0.5, 0.6) is 0 Å². The van der Waals surface area contributed by atoms with Crippen molar-refractivity contribution in [2.24, 2.45) is 5.92 Å². The zero-order chi connectivity index (χ0) is 24.7. The Labute approximate surface area is 217 Å². The topological polar surface area (TPSA) is 108 Å². The summed E-state index contributed by atoms with van der Waals surface area (Å²) in [4.78, 5) is 12.1. The monoisotopic (exact) mass is 590 g/mol. The molecule has 1 rings (SSSR count). The van der Waals surface area contributed by atoms with Crippen molar-refractivity contribution in [2.45, 2.75) is 12.8 Å². The summed E-state index contributed by atoms with van der Waals surface area (Å²) < 4.78 is 47.5. The van der Waals surface area contributed by atoms with Gasteiger partial charge in [-0.2, -0.15) is 0 Å². The molecule has 1 atom stereocenters. The minimum Gasteiger partial charge on any atom is -0.355 e. The van der Waals surface area contributed by atoms with Gasteiger partial charge in [0.25, 0.3) is 0 Å². The third kappa shape index (κ3) is 12.0. The minimum absolute atomic E-state index is 0.175. The minimum atomic E-state index is -3.77. The maximum absolute atomic E-state index is 13.9. The number of sulfone groups is 1. The molecule has 0 spiro atoms. The molecule has 1 aliphatic heterocycles. The third-order valence-corrected chi connectivity index (χ3v) is 9.99. The molecule has 1 saturated heterocycles. The molecule has 0 radical (unpaired) electrons. The SMILES string of the molecule is O=C(CS(=O)(=O)CCOP(=O)(N(CCCl)CCCl)N(CCCl)CCCl)NCC1CCCNC1. The standard InChI is InChI=1S/C18H35Cl4N4O5PS/c19-3-8-25(9-4-20)32(28,26(10-5-21)11-6-22)31-12-13-33(29,30)16-18(27)24-15-17-2-1-7-23-14-17/h17,23H,1-16H2,(H,24,27). The normalized spacial score (nSPS) is 17.6. The summed E-state index contributed by atoms with van der Waals surface area (Å²) in [5.74, 6) is -0.667. The Morgan fingerprint density at radius 2 is 1.58 bits per heavy atom. The first-order valence-corrected chi connectivity index (χ1v) is 16.4. The fourth-order valence-corrected chi connectivity index (χ4v) is 8.24. The quantitative estimate of drug-likeness (QED) is 0.184. The van der Waals surface area contributed by atoms with Crippen LogP contribution in [-0.2, 0) is 23.7 Å². The number of hydrogen-bond donors (Lipinski definition) is 2. The van der Waals surface area contributed by atoms with Gasteiger partial charge in [-0.1, -0.05) is 0 Å². The lowest BCUT2D eigenvalue weighted by atomic mass is 10.00. The molecule has 0 aromatic rings. The van der Waals surface area contributed by atoms with Crippen LogP contribution in [0.4, 0.5) is 0 Å². The van der Waals surface area contributed by atoms with Crippen molar-refractivity contribution in [1.82, 2.24) is 20.0 Å². The van der Waals surface area contributed by atoms with Crippen LogP contribution in [0.3, 0.4) is 0 Å². The molecule has 1 amide bonds. The highest BCUT2D eigenvalue weighted by Gasteiger charge is 2.38. The van der Waals surface area contributed by atoms with Gasteiger partial charge in [0.1, 0.15) is 5.75 Å². The van der Waals surface area contributed by atoms with E-state index in [0.29, 0.717) is 12.5 Å². The van der Waals surface area contributed by atoms with Crippen LogP contribution in [0, 0.1) is 5.92 Å². The number of rotatable bonds is 18. The van der Waals surface area contributed by atoms with Crippen molar-refractivity contribution in [3.8, 4) is 0 Å². The second-order valence-corrected chi connectivity index (χ2v) is 13.7. The highest BCUT2D eigenvalue weighted by molar-refractivity contribution is 7.92. The first-order valence-electron chi connectivity index (χ1n) is 10.9. The van der Waals surface area contributed by atoms with Crippen LogP contribution in [0.2, 0.25) is 0 Å². The molecule has 15 heteroatoms. The summed E-state index contributed by atoms with van der Waals surface area (Å²) in [6.45, 7) is 2.72. The first kappa shape index (κ1) is 31.7. The van der Waals surface area contributed by atoms with E-state index in [-0.39, 0.29) is 56.3 Å². The van der Waals surface area contributed by atoms with Gasteiger partial charge in [0.15, 0.2) is 9.84 Å². The predicted molar refractivity (Wildman–Crippen MR) is 137 cm³/mol. The van der Waals surface area contributed by atoms with E-state index in [1.807, 2.05) is 0 Å². The Hall–Kier alpha value is 0.650. The summed E-state index contributed by atoms with van der Waals surface area (Å²) in [7, 11) is -7.47. The van der Waals surface area contributed by atoms with E-state index >= 15 is 0 Å². The van der Waals surface area contributed by atoms with E-state index in [0.717, 1.165) is 25.9 Å². The number of alkyl halides is 4. The fraction of sp³-hybridized carbons (Fsp3) is 0.944. The van der Waals surface area contributed by atoms with Gasteiger partial charge in [-0.15, -0.1) is 46.4 Å². The molecule has 33 heavy (non-hydrogen) atoms. The average Bonchev–Trinajstić information content (AvgIpc) is 2.77. The Morgan fingerprint density at radius 1 is 1.03 bits per heavy atom. The van der Waals surface area contributed by atoms with Crippen molar-refractivity contribution in [3.63, 3.8) is 0 Å². The van der Waals surface area contributed by atoms with Crippen LogP contribution >= 0.6 is 54.1 Å². The lowest BCUT2D eigenvalue weighted by Gasteiger charge is -2.37. The van der Waals surface area contributed by atoms with Crippen LogP contribution < -0.4 is 10.6 Å². The van der Waals surface area contributed by atoms with Gasteiger partial charge in [0.2, 0.25) is 5.91 Å². The zero-order valence-electron chi connectivity index (χ0n) is 18.7. The molecule has 0 aromatic carbocycles. The van der Waals surface area contributed by atoms with Gasteiger partial charge in [-0.3, -0.25) is 9.36 Å². The molecule has 1 heterocycles. The van der Waals surface area contributed by atoms with Crippen LogP contribution in [0.15, 0.2) is 0 Å². The van der Waals surface area contributed by atoms with Gasteiger partial charge in [0, 0.05) is 56.2 Å². The van der Waals surface area contributed by atoms with E-state index < -0.39 is 34.9 Å². The van der Waals surface area contributed by atoms with Gasteiger partial charge >= 0.3 is 7.67 Å². The fourth-order valence-electron chi connectivity index (χ4n) is 3.42. The van der Waals surface area contributed by atoms with Crippen LogP contribution in [0.1, 0.15) is 12.8 Å². The number of carbonyl (C=O) groups is 1. The summed E-state index contributed by atoms with van der Waals surface area (Å²) in [6, 6.07) is 0. The Morgan fingerprint density at radius 3 is 2.03 bits per heavy atom. The maximum Gasteiger partial charge on any atom is 0.346 e. The number of piperidine rings is 1. The van der Waals surface area contributed by atoms with Crippen molar-refractivity contribution < 1.29 is 22.3 Å². The van der Waals surface area contributed by atoms with Crippen LogP contribution in [-0.4, -0.2) is 111 Å². The number of hydrogen-bond acceptors (Lipinski definition) is 6. The lowest BCUT2D eigenvalue weighted by molar-refractivity contribution is -0.118. The second kappa shape index (κ2) is 17.2. The van der Waals surface area contributed by atoms with Crippen LogP contribution in [0.25, 0.3) is 0 Å². The highest BCUT2D eigenvalue weighted by Crippen LogP contribution is 2.54. The molecule has 1 unspecified atom stereocenters. The van der Waals surface area contributed by atoms with Gasteiger partial charge in [-0.25, -0.2) is 17.8 Å². The maximum atomic E-state index is 13.9. The lowest BCUT2D eigenvalue weighted by Crippen LogP contribution is -2.40. The summed E-state index contributed by atoms with van der Waals surface area (Å²) in [6.07, 6.45) is 2.02. The molecule has 196 valence electrons. The van der Waals surface area contributed by atoms with Gasteiger partial charge in [-0.05, 0) is 31.8 Å². The van der Waals surface area contributed by atoms with E-state index in [9.17, 15) is 17.8 Å². The second-order valence-electron chi connectivity index (χ2n) is 7.60. The molecular weight excluding hydrogens is 557 g/mol. The summed E-state index contributed by atoms with van der Waals surface area (Å²) in [5, 5.41) is 5.94. The van der Waals surface area contributed by atoms with Crippen molar-refractivity contribution >= 4 is 69.8 Å². The number of nitrogens with one attached hydrogen (secondary N) is 2. The van der Waals surface area contributed by atoms with E-state index in [1.54, 1.807) is 0 Å². The zero-order valence-corrected chi connectivity index (χ0v) is 23.4. The molecule has 1 fully saturated rings. The Kier molecular flexibility index (Phi) is 16.5.